The number of aromatic amines is 1. The smallest absolute Gasteiger partial charge is 0.376 e. The van der Waals surface area contributed by atoms with Crippen molar-refractivity contribution in [1.29, 1.82) is 0 Å². The Hall–Kier alpha value is -2.94. The molecule has 2 aromatic heterocycles. The second-order valence-electron chi connectivity index (χ2n) is 8.40. The van der Waals surface area contributed by atoms with Crippen molar-refractivity contribution < 1.29 is 23.1 Å². The van der Waals surface area contributed by atoms with E-state index >= 15 is 0 Å². The number of alkyl halides is 3. The molecule has 1 aromatic carbocycles. The van der Waals surface area contributed by atoms with E-state index in [4.69, 9.17) is 0 Å². The van der Waals surface area contributed by atoms with E-state index in [2.05, 4.69) is 15.0 Å². The number of likely N-dealkylation sites (tertiary alicyclic amines) is 1. The summed E-state index contributed by atoms with van der Waals surface area (Å²) in [5.74, 6) is 0.194. The minimum absolute atomic E-state index is 0.116. The van der Waals surface area contributed by atoms with Crippen LogP contribution in [0.5, 0.6) is 0 Å². The van der Waals surface area contributed by atoms with Gasteiger partial charge >= 0.3 is 6.18 Å². The lowest BCUT2D eigenvalue weighted by Crippen LogP contribution is -2.48. The summed E-state index contributed by atoms with van der Waals surface area (Å²) in [7, 11) is 0. The van der Waals surface area contributed by atoms with Crippen LogP contribution in [0, 0.1) is 13.8 Å². The number of pyridine rings is 1. The lowest BCUT2D eigenvalue weighted by atomic mass is 9.87. The first-order valence-corrected chi connectivity index (χ1v) is 10.5. The predicted octanol–water partition coefficient (Wildman–Crippen LogP) is 4.12. The number of H-pyrrole nitrogens is 1. The van der Waals surface area contributed by atoms with Crippen LogP contribution >= 0.6 is 0 Å². The maximum Gasteiger partial charge on any atom is 0.421 e. The quantitative estimate of drug-likeness (QED) is 0.632. The molecule has 0 aliphatic carbocycles. The van der Waals surface area contributed by atoms with Crippen molar-refractivity contribution in [3.63, 3.8) is 0 Å². The SMILES string of the molecule is Cc1nc2c(C)ncc(C3CCN(C(=O)CC(O)(c4ccccc4)C(F)(F)F)CC3)c2[nH]1. The summed E-state index contributed by atoms with van der Waals surface area (Å²) in [6.07, 6.45) is -3.00. The van der Waals surface area contributed by atoms with Gasteiger partial charge in [-0.2, -0.15) is 13.2 Å². The Kier molecular flexibility index (Phi) is 5.70. The van der Waals surface area contributed by atoms with E-state index in [0.717, 1.165) is 28.1 Å². The lowest BCUT2D eigenvalue weighted by Gasteiger charge is -2.36. The highest BCUT2D eigenvalue weighted by Gasteiger charge is 2.56. The number of fused-ring (bicyclic) bond motifs is 1. The average molecular weight is 446 g/mol. The zero-order chi connectivity index (χ0) is 23.1. The number of nitrogens with zero attached hydrogens (tertiary/aromatic N) is 3. The van der Waals surface area contributed by atoms with Crippen molar-refractivity contribution in [2.75, 3.05) is 13.1 Å². The van der Waals surface area contributed by atoms with Gasteiger partial charge in [-0.15, -0.1) is 0 Å². The average Bonchev–Trinajstić information content (AvgIpc) is 3.16. The fourth-order valence-corrected chi connectivity index (χ4v) is 4.41. The summed E-state index contributed by atoms with van der Waals surface area (Å²) in [6.45, 7) is 4.39. The van der Waals surface area contributed by atoms with Crippen LogP contribution in [0.3, 0.4) is 0 Å². The summed E-state index contributed by atoms with van der Waals surface area (Å²) in [4.78, 5) is 26.4. The largest absolute Gasteiger partial charge is 0.421 e. The van der Waals surface area contributed by atoms with E-state index in [1.54, 1.807) is 6.07 Å². The van der Waals surface area contributed by atoms with Crippen LogP contribution in [0.2, 0.25) is 0 Å². The number of hydrogen-bond acceptors (Lipinski definition) is 4. The molecule has 0 saturated carbocycles. The number of nitrogens with one attached hydrogen (secondary N) is 1. The van der Waals surface area contributed by atoms with Crippen molar-refractivity contribution in [3.8, 4) is 0 Å². The number of amides is 1. The van der Waals surface area contributed by atoms with Crippen LogP contribution in [-0.4, -0.2) is 50.1 Å². The Balaban J connectivity index is 1.49. The maximum atomic E-state index is 13.7. The molecule has 1 aliphatic rings. The Morgan fingerprint density at radius 3 is 2.47 bits per heavy atom. The number of aliphatic hydroxyl groups is 1. The van der Waals surface area contributed by atoms with Crippen molar-refractivity contribution in [3.05, 3.63) is 59.2 Å². The number of imidazole rings is 1. The molecule has 9 heteroatoms. The number of carbonyl (C=O) groups excluding carboxylic acids is 1. The number of piperidine rings is 1. The van der Waals surface area contributed by atoms with Gasteiger partial charge < -0.3 is 15.0 Å². The van der Waals surface area contributed by atoms with E-state index < -0.39 is 24.1 Å². The van der Waals surface area contributed by atoms with Crippen molar-refractivity contribution in [2.45, 2.75) is 50.8 Å². The number of carbonyl (C=O) groups is 1. The van der Waals surface area contributed by atoms with Gasteiger partial charge in [0.25, 0.3) is 0 Å². The molecule has 1 aliphatic heterocycles. The number of aryl methyl sites for hydroxylation is 2. The van der Waals surface area contributed by atoms with E-state index in [1.807, 2.05) is 20.0 Å². The highest BCUT2D eigenvalue weighted by atomic mass is 19.4. The standard InChI is InChI=1S/C23H25F3N4O2/c1-14-20-21(29-15(2)28-20)18(13-27-14)16-8-10-30(11-9-16)19(31)12-22(32,23(24,25)26)17-6-4-3-5-7-17/h3-7,13,16,32H,8-12H2,1-2H3,(H,28,29). The number of aromatic nitrogens is 3. The Labute approximate surface area is 183 Å². The van der Waals surface area contributed by atoms with Crippen molar-refractivity contribution in [2.24, 2.45) is 0 Å². The van der Waals surface area contributed by atoms with Gasteiger partial charge in [-0.3, -0.25) is 9.78 Å². The highest BCUT2D eigenvalue weighted by molar-refractivity contribution is 5.81. The van der Waals surface area contributed by atoms with E-state index in [-0.39, 0.29) is 11.5 Å². The summed E-state index contributed by atoms with van der Waals surface area (Å²) < 4.78 is 41.2. The zero-order valence-electron chi connectivity index (χ0n) is 17.9. The van der Waals surface area contributed by atoms with Crippen LogP contribution in [0.25, 0.3) is 11.0 Å². The van der Waals surface area contributed by atoms with Crippen LogP contribution in [0.4, 0.5) is 13.2 Å². The molecule has 0 spiro atoms. The first kappa shape index (κ1) is 22.3. The zero-order valence-corrected chi connectivity index (χ0v) is 17.9. The van der Waals surface area contributed by atoms with Crippen molar-refractivity contribution >= 4 is 16.9 Å². The minimum atomic E-state index is -4.97. The molecule has 0 bridgehead atoms. The summed E-state index contributed by atoms with van der Waals surface area (Å²) in [6, 6.07) is 6.76. The molecule has 6 nitrogen and oxygen atoms in total. The highest BCUT2D eigenvalue weighted by Crippen LogP contribution is 2.42. The maximum absolute atomic E-state index is 13.7. The fraction of sp³-hybridized carbons (Fsp3) is 0.435. The van der Waals surface area contributed by atoms with Crippen LogP contribution in [0.15, 0.2) is 36.5 Å². The van der Waals surface area contributed by atoms with Crippen molar-refractivity contribution in [1.82, 2.24) is 19.9 Å². The van der Waals surface area contributed by atoms with Gasteiger partial charge in [0.1, 0.15) is 11.3 Å². The van der Waals surface area contributed by atoms with Gasteiger partial charge in [-0.25, -0.2) is 4.98 Å². The molecule has 3 aromatic rings. The first-order valence-electron chi connectivity index (χ1n) is 10.5. The second-order valence-corrected chi connectivity index (χ2v) is 8.40. The second kappa shape index (κ2) is 8.20. The van der Waals surface area contributed by atoms with Crippen LogP contribution < -0.4 is 0 Å². The van der Waals surface area contributed by atoms with E-state index in [0.29, 0.717) is 25.9 Å². The number of halogens is 3. The van der Waals surface area contributed by atoms with Gasteiger partial charge in [0.15, 0.2) is 5.60 Å². The molecule has 1 unspecified atom stereocenters. The molecular formula is C23H25F3N4O2. The molecule has 3 heterocycles. The van der Waals surface area contributed by atoms with Gasteiger partial charge in [0.05, 0.1) is 17.6 Å². The molecule has 1 fully saturated rings. The molecule has 4 rings (SSSR count). The van der Waals surface area contributed by atoms with Crippen LogP contribution in [-0.2, 0) is 10.4 Å². The third kappa shape index (κ3) is 3.97. The summed E-state index contributed by atoms with van der Waals surface area (Å²) in [5.41, 5.74) is 0.0238. The topological polar surface area (TPSA) is 82.1 Å². The Morgan fingerprint density at radius 2 is 1.84 bits per heavy atom. The molecular weight excluding hydrogens is 421 g/mol. The molecule has 32 heavy (non-hydrogen) atoms. The molecule has 1 amide bonds. The van der Waals surface area contributed by atoms with Gasteiger partial charge in [-0.05, 0) is 43.7 Å². The van der Waals surface area contributed by atoms with E-state index in [1.165, 1.54) is 29.2 Å². The number of benzene rings is 1. The van der Waals surface area contributed by atoms with Crippen LogP contribution in [0.1, 0.15) is 47.8 Å². The number of rotatable bonds is 4. The lowest BCUT2D eigenvalue weighted by molar-refractivity contribution is -0.268. The third-order valence-electron chi connectivity index (χ3n) is 6.27. The van der Waals surface area contributed by atoms with Gasteiger partial charge in [0, 0.05) is 19.3 Å². The predicted molar refractivity (Wildman–Crippen MR) is 113 cm³/mol. The van der Waals surface area contributed by atoms with Gasteiger partial charge in [0.2, 0.25) is 5.91 Å². The fourth-order valence-electron chi connectivity index (χ4n) is 4.41. The normalized spacial score (nSPS) is 17.5. The molecule has 1 saturated heterocycles. The summed E-state index contributed by atoms with van der Waals surface area (Å²) in [5, 5.41) is 10.5. The Bertz CT molecular complexity index is 1120. The summed E-state index contributed by atoms with van der Waals surface area (Å²) >= 11 is 0. The monoisotopic (exact) mass is 446 g/mol. The molecule has 1 atom stereocenters. The molecule has 0 radical (unpaired) electrons. The molecule has 2 N–H and O–H groups in total. The minimum Gasteiger partial charge on any atom is -0.376 e. The third-order valence-corrected chi connectivity index (χ3v) is 6.27. The Morgan fingerprint density at radius 1 is 1.19 bits per heavy atom. The van der Waals surface area contributed by atoms with E-state index in [9.17, 15) is 23.1 Å². The number of hydrogen-bond donors (Lipinski definition) is 2. The first-order chi connectivity index (χ1) is 15.1. The molecule has 170 valence electrons. The van der Waals surface area contributed by atoms with Gasteiger partial charge in [-0.1, -0.05) is 30.3 Å².